The molecule has 0 unspecified atom stereocenters. The van der Waals surface area contributed by atoms with Gasteiger partial charge in [0.15, 0.2) is 0 Å². The third-order valence-electron chi connectivity index (χ3n) is 4.39. The predicted octanol–water partition coefficient (Wildman–Crippen LogP) is 4.95. The van der Waals surface area contributed by atoms with Crippen LogP contribution in [0.3, 0.4) is 0 Å². The van der Waals surface area contributed by atoms with E-state index in [0.717, 1.165) is 52.7 Å². The normalized spacial score (nSPS) is 13.7. The molecule has 2 aromatic heterocycles. The molecule has 0 fully saturated rings. The maximum absolute atomic E-state index is 9.32. The lowest BCUT2D eigenvalue weighted by Crippen LogP contribution is -2.07. The molecule has 2 heterocycles. The minimum atomic E-state index is 0.546. The number of rotatable bonds is 1. The van der Waals surface area contributed by atoms with E-state index in [9.17, 15) is 5.26 Å². The third-order valence-corrected chi connectivity index (χ3v) is 5.64. The number of nitrogens with zero attached hydrogens (tertiary/aromatic N) is 2. The number of fused-ring (bicyclic) bond motifs is 2. The Hall–Kier alpha value is -2.09. The number of thiophene rings is 1. The van der Waals surface area contributed by atoms with E-state index >= 15 is 0 Å². The van der Waals surface area contributed by atoms with Crippen molar-refractivity contribution < 1.29 is 0 Å². The van der Waals surface area contributed by atoms with Gasteiger partial charge in [0.1, 0.15) is 15.8 Å². The van der Waals surface area contributed by atoms with Crippen molar-refractivity contribution in [2.45, 2.75) is 25.7 Å². The third kappa shape index (κ3) is 2.28. The lowest BCUT2D eigenvalue weighted by molar-refractivity contribution is 0.673. The van der Waals surface area contributed by atoms with E-state index in [4.69, 9.17) is 22.3 Å². The molecule has 1 aliphatic carbocycles. The monoisotopic (exact) mass is 339 g/mol. The van der Waals surface area contributed by atoms with Crippen LogP contribution in [0, 0.1) is 11.3 Å². The first kappa shape index (κ1) is 14.5. The summed E-state index contributed by atoms with van der Waals surface area (Å²) >= 11 is 7.43. The fraction of sp³-hybridized carbons (Fsp3) is 0.222. The zero-order valence-corrected chi connectivity index (χ0v) is 14.0. The van der Waals surface area contributed by atoms with E-state index in [2.05, 4.69) is 6.07 Å². The summed E-state index contributed by atoms with van der Waals surface area (Å²) in [5, 5.41) is 11.0. The Morgan fingerprint density at radius 3 is 2.65 bits per heavy atom. The van der Waals surface area contributed by atoms with Crippen molar-refractivity contribution in [3.8, 4) is 17.2 Å². The molecule has 1 aliphatic rings. The Morgan fingerprint density at radius 2 is 1.91 bits per heavy atom. The largest absolute Gasteiger partial charge is 0.396 e. The molecule has 5 heteroatoms. The standard InChI is InChI=1S/C18H14ClN3S/c19-11-7-5-10(6-8-11)15-12-3-1-2-4-13(12)22-18-16(15)17(21)14(9-20)23-18/h5-8H,1-4,21H2. The van der Waals surface area contributed by atoms with Crippen LogP contribution in [0.4, 0.5) is 5.69 Å². The molecule has 0 atom stereocenters. The number of aryl methyl sites for hydroxylation is 1. The maximum atomic E-state index is 9.32. The highest BCUT2D eigenvalue weighted by Gasteiger charge is 2.23. The van der Waals surface area contributed by atoms with Crippen LogP contribution >= 0.6 is 22.9 Å². The van der Waals surface area contributed by atoms with E-state index in [1.165, 1.54) is 16.9 Å². The lowest BCUT2D eigenvalue weighted by atomic mass is 9.87. The van der Waals surface area contributed by atoms with Gasteiger partial charge in [-0.25, -0.2) is 4.98 Å². The highest BCUT2D eigenvalue weighted by atomic mass is 35.5. The number of halogens is 1. The van der Waals surface area contributed by atoms with Crippen LogP contribution in [0.2, 0.25) is 5.02 Å². The maximum Gasteiger partial charge on any atom is 0.130 e. The van der Waals surface area contributed by atoms with Gasteiger partial charge in [0.2, 0.25) is 0 Å². The summed E-state index contributed by atoms with van der Waals surface area (Å²) in [6.07, 6.45) is 4.33. The average molecular weight is 340 g/mol. The topological polar surface area (TPSA) is 62.7 Å². The fourth-order valence-electron chi connectivity index (χ4n) is 3.33. The molecule has 23 heavy (non-hydrogen) atoms. The van der Waals surface area contributed by atoms with Gasteiger partial charge < -0.3 is 5.73 Å². The Kier molecular flexibility index (Phi) is 3.48. The SMILES string of the molecule is N#Cc1sc2nc3c(c(-c4ccc(Cl)cc4)c2c1N)CCCC3. The molecule has 3 aromatic rings. The van der Waals surface area contributed by atoms with Gasteiger partial charge >= 0.3 is 0 Å². The first-order chi connectivity index (χ1) is 11.2. The van der Waals surface area contributed by atoms with Gasteiger partial charge in [0.25, 0.3) is 0 Å². The molecule has 0 saturated heterocycles. The fourth-order valence-corrected chi connectivity index (χ4v) is 4.37. The summed E-state index contributed by atoms with van der Waals surface area (Å²) in [6, 6.07) is 10.0. The van der Waals surface area contributed by atoms with Crippen LogP contribution in [0.15, 0.2) is 24.3 Å². The number of nitrogens with two attached hydrogens (primary N) is 1. The lowest BCUT2D eigenvalue weighted by Gasteiger charge is -2.20. The van der Waals surface area contributed by atoms with Gasteiger partial charge in [-0.15, -0.1) is 11.3 Å². The van der Waals surface area contributed by atoms with E-state index in [0.29, 0.717) is 15.6 Å². The first-order valence-electron chi connectivity index (χ1n) is 7.59. The summed E-state index contributed by atoms with van der Waals surface area (Å²) in [6.45, 7) is 0. The molecular weight excluding hydrogens is 326 g/mol. The number of nitriles is 1. The van der Waals surface area contributed by atoms with Crippen LogP contribution in [0.25, 0.3) is 21.3 Å². The van der Waals surface area contributed by atoms with E-state index in [1.807, 2.05) is 24.3 Å². The molecule has 0 radical (unpaired) electrons. The summed E-state index contributed by atoms with van der Waals surface area (Å²) in [5.74, 6) is 0. The van der Waals surface area contributed by atoms with Crippen LogP contribution in [-0.4, -0.2) is 4.98 Å². The second kappa shape index (κ2) is 5.52. The number of anilines is 1. The van der Waals surface area contributed by atoms with Crippen LogP contribution in [-0.2, 0) is 12.8 Å². The highest BCUT2D eigenvalue weighted by molar-refractivity contribution is 7.20. The van der Waals surface area contributed by atoms with Gasteiger partial charge in [0, 0.05) is 16.1 Å². The summed E-state index contributed by atoms with van der Waals surface area (Å²) in [7, 11) is 0. The van der Waals surface area contributed by atoms with Crippen molar-refractivity contribution in [1.82, 2.24) is 4.98 Å². The molecule has 3 nitrogen and oxygen atoms in total. The van der Waals surface area contributed by atoms with Crippen molar-refractivity contribution in [3.63, 3.8) is 0 Å². The zero-order valence-electron chi connectivity index (χ0n) is 12.4. The predicted molar refractivity (Wildman–Crippen MR) is 95.8 cm³/mol. The van der Waals surface area contributed by atoms with Gasteiger partial charge in [-0.1, -0.05) is 23.7 Å². The zero-order chi connectivity index (χ0) is 16.0. The van der Waals surface area contributed by atoms with E-state index < -0.39 is 0 Å². The van der Waals surface area contributed by atoms with Crippen LogP contribution < -0.4 is 5.73 Å². The van der Waals surface area contributed by atoms with Crippen molar-refractivity contribution in [2.24, 2.45) is 0 Å². The molecule has 0 spiro atoms. The number of pyridine rings is 1. The smallest absolute Gasteiger partial charge is 0.130 e. The first-order valence-corrected chi connectivity index (χ1v) is 8.78. The van der Waals surface area contributed by atoms with E-state index in [1.54, 1.807) is 0 Å². The molecule has 0 bridgehead atoms. The van der Waals surface area contributed by atoms with Gasteiger partial charge in [-0.2, -0.15) is 5.26 Å². The molecule has 114 valence electrons. The van der Waals surface area contributed by atoms with Crippen LogP contribution in [0.5, 0.6) is 0 Å². The molecule has 0 saturated carbocycles. The molecule has 1 aromatic carbocycles. The molecule has 0 aliphatic heterocycles. The Morgan fingerprint density at radius 1 is 1.17 bits per heavy atom. The number of hydrogen-bond donors (Lipinski definition) is 1. The van der Waals surface area contributed by atoms with Crippen molar-refractivity contribution >= 4 is 38.8 Å². The minimum absolute atomic E-state index is 0.546. The van der Waals surface area contributed by atoms with Crippen molar-refractivity contribution in [3.05, 3.63) is 45.4 Å². The van der Waals surface area contributed by atoms with E-state index in [-0.39, 0.29) is 0 Å². The molecular formula is C18H14ClN3S. The molecule has 0 amide bonds. The second-order valence-corrected chi connectivity index (χ2v) is 7.20. The van der Waals surface area contributed by atoms with Crippen molar-refractivity contribution in [1.29, 1.82) is 5.26 Å². The van der Waals surface area contributed by atoms with Crippen molar-refractivity contribution in [2.75, 3.05) is 5.73 Å². The number of hydrogen-bond acceptors (Lipinski definition) is 4. The number of aromatic nitrogens is 1. The summed E-state index contributed by atoms with van der Waals surface area (Å²) < 4.78 is 0. The summed E-state index contributed by atoms with van der Waals surface area (Å²) in [4.78, 5) is 6.22. The Bertz CT molecular complexity index is 951. The quantitative estimate of drug-likeness (QED) is 0.682. The van der Waals surface area contributed by atoms with Gasteiger partial charge in [0.05, 0.1) is 5.69 Å². The minimum Gasteiger partial charge on any atom is -0.396 e. The van der Waals surface area contributed by atoms with Gasteiger partial charge in [-0.05, 0) is 54.5 Å². The number of nitrogen functional groups attached to an aromatic ring is 1. The Labute approximate surface area is 143 Å². The number of benzene rings is 1. The Balaban J connectivity index is 2.12. The second-order valence-electron chi connectivity index (χ2n) is 5.76. The summed E-state index contributed by atoms with van der Waals surface area (Å²) in [5.41, 5.74) is 11.5. The average Bonchev–Trinajstić information content (AvgIpc) is 2.89. The van der Waals surface area contributed by atoms with Gasteiger partial charge in [-0.3, -0.25) is 0 Å². The highest BCUT2D eigenvalue weighted by Crippen LogP contribution is 2.43. The van der Waals surface area contributed by atoms with Crippen LogP contribution in [0.1, 0.15) is 29.0 Å². The molecule has 2 N–H and O–H groups in total. The molecule has 4 rings (SSSR count).